The third-order valence-electron chi connectivity index (χ3n) is 2.52. The fourth-order valence-electron chi connectivity index (χ4n) is 1.61. The highest BCUT2D eigenvalue weighted by atomic mass is 35.5. The highest BCUT2D eigenvalue weighted by Crippen LogP contribution is 2.21. The zero-order valence-corrected chi connectivity index (χ0v) is 11.0. The van der Waals surface area contributed by atoms with Crippen molar-refractivity contribution in [3.63, 3.8) is 0 Å². The monoisotopic (exact) mass is 253 g/mol. The zero-order chi connectivity index (χ0) is 12.4. The van der Waals surface area contributed by atoms with E-state index in [1.807, 2.05) is 37.7 Å². The van der Waals surface area contributed by atoms with Crippen LogP contribution in [-0.4, -0.2) is 46.7 Å². The molecule has 2 rings (SSSR count). The van der Waals surface area contributed by atoms with Crippen LogP contribution in [0.3, 0.4) is 0 Å². The van der Waals surface area contributed by atoms with Crippen LogP contribution in [0, 0.1) is 6.92 Å². The molecule has 0 atom stereocenters. The Labute approximate surface area is 105 Å². The van der Waals surface area contributed by atoms with Crippen LogP contribution in [0.15, 0.2) is 12.3 Å². The molecule has 92 valence electrons. The predicted molar refractivity (Wildman–Crippen MR) is 69.8 cm³/mol. The molecule has 17 heavy (non-hydrogen) atoms. The summed E-state index contributed by atoms with van der Waals surface area (Å²) in [5, 5.41) is 12.2. The molecule has 0 aromatic carbocycles. The lowest BCUT2D eigenvalue weighted by molar-refractivity contribution is 0.425. The van der Waals surface area contributed by atoms with Gasteiger partial charge < -0.3 is 10.2 Å². The number of aromatic nitrogens is 3. The Bertz CT molecular complexity index is 520. The summed E-state index contributed by atoms with van der Waals surface area (Å²) in [7, 11) is 4.08. The maximum Gasteiger partial charge on any atom is 0.184 e. The normalized spacial score (nSPS) is 11.4. The van der Waals surface area contributed by atoms with Gasteiger partial charge in [-0.15, -0.1) is 10.2 Å². The first-order valence-corrected chi connectivity index (χ1v) is 5.85. The van der Waals surface area contributed by atoms with Crippen molar-refractivity contribution in [2.24, 2.45) is 0 Å². The Morgan fingerprint density at radius 1 is 1.41 bits per heavy atom. The molecule has 6 heteroatoms. The number of likely N-dealkylation sites (N-methyl/N-ethyl adjacent to an activating group) is 1. The van der Waals surface area contributed by atoms with Gasteiger partial charge in [0, 0.05) is 19.3 Å². The lowest BCUT2D eigenvalue weighted by atomic mass is 10.4. The van der Waals surface area contributed by atoms with Gasteiger partial charge in [0.2, 0.25) is 0 Å². The minimum absolute atomic E-state index is 0.674. The molecule has 0 saturated carbocycles. The van der Waals surface area contributed by atoms with Gasteiger partial charge in [-0.25, -0.2) is 0 Å². The Morgan fingerprint density at radius 2 is 2.18 bits per heavy atom. The highest BCUT2D eigenvalue weighted by Gasteiger charge is 2.07. The van der Waals surface area contributed by atoms with Crippen LogP contribution in [0.2, 0.25) is 5.02 Å². The van der Waals surface area contributed by atoms with Gasteiger partial charge in [-0.1, -0.05) is 11.6 Å². The molecule has 0 spiro atoms. The van der Waals surface area contributed by atoms with Crippen LogP contribution in [0.1, 0.15) is 5.82 Å². The van der Waals surface area contributed by atoms with Gasteiger partial charge in [0.05, 0.1) is 10.7 Å². The average Bonchev–Trinajstić information content (AvgIpc) is 2.60. The van der Waals surface area contributed by atoms with Crippen molar-refractivity contribution in [3.05, 3.63) is 23.1 Å². The molecule has 0 bridgehead atoms. The number of nitrogens with zero attached hydrogens (tertiary/aromatic N) is 4. The van der Waals surface area contributed by atoms with Gasteiger partial charge in [0.15, 0.2) is 5.65 Å². The van der Waals surface area contributed by atoms with Gasteiger partial charge >= 0.3 is 0 Å². The Morgan fingerprint density at radius 3 is 2.88 bits per heavy atom. The van der Waals surface area contributed by atoms with Crippen molar-refractivity contribution in [2.45, 2.75) is 6.92 Å². The van der Waals surface area contributed by atoms with Crippen LogP contribution in [-0.2, 0) is 0 Å². The lowest BCUT2D eigenvalue weighted by Gasteiger charge is -2.12. The lowest BCUT2D eigenvalue weighted by Crippen LogP contribution is -2.21. The van der Waals surface area contributed by atoms with E-state index in [1.54, 1.807) is 0 Å². The summed E-state index contributed by atoms with van der Waals surface area (Å²) in [4.78, 5) is 2.11. The van der Waals surface area contributed by atoms with Crippen molar-refractivity contribution in [3.8, 4) is 0 Å². The van der Waals surface area contributed by atoms with E-state index in [0.29, 0.717) is 5.02 Å². The first-order chi connectivity index (χ1) is 8.08. The third-order valence-corrected chi connectivity index (χ3v) is 2.72. The first kappa shape index (κ1) is 12.1. The van der Waals surface area contributed by atoms with Gasteiger partial charge in [-0.3, -0.25) is 4.40 Å². The summed E-state index contributed by atoms with van der Waals surface area (Å²) >= 11 is 6.07. The van der Waals surface area contributed by atoms with E-state index in [9.17, 15) is 0 Å². The smallest absolute Gasteiger partial charge is 0.184 e. The molecule has 2 heterocycles. The number of aryl methyl sites for hydroxylation is 1. The Kier molecular flexibility index (Phi) is 3.49. The second-order valence-corrected chi connectivity index (χ2v) is 4.68. The summed E-state index contributed by atoms with van der Waals surface area (Å²) in [5.74, 6) is 0.832. The van der Waals surface area contributed by atoms with Crippen molar-refractivity contribution in [1.82, 2.24) is 19.5 Å². The molecule has 2 aromatic rings. The minimum Gasteiger partial charge on any atom is -0.381 e. The number of pyridine rings is 1. The van der Waals surface area contributed by atoms with E-state index < -0.39 is 0 Å². The summed E-state index contributed by atoms with van der Waals surface area (Å²) in [6.07, 6.45) is 1.82. The molecular formula is C11H16ClN5. The van der Waals surface area contributed by atoms with E-state index >= 15 is 0 Å². The molecule has 0 amide bonds. The first-order valence-electron chi connectivity index (χ1n) is 5.47. The molecule has 1 N–H and O–H groups in total. The summed E-state index contributed by atoms with van der Waals surface area (Å²) < 4.78 is 1.89. The van der Waals surface area contributed by atoms with Crippen molar-refractivity contribution >= 4 is 22.9 Å². The summed E-state index contributed by atoms with van der Waals surface area (Å²) in [6.45, 7) is 3.70. The molecule has 0 aliphatic carbocycles. The molecular weight excluding hydrogens is 238 g/mol. The Hall–Kier alpha value is -1.33. The molecule has 0 aliphatic rings. The van der Waals surface area contributed by atoms with Crippen LogP contribution < -0.4 is 5.32 Å². The van der Waals surface area contributed by atoms with Gasteiger partial charge in [0.25, 0.3) is 0 Å². The number of anilines is 1. The van der Waals surface area contributed by atoms with Gasteiger partial charge in [-0.05, 0) is 27.1 Å². The molecule has 0 aliphatic heterocycles. The molecule has 5 nitrogen and oxygen atoms in total. The predicted octanol–water partition coefficient (Wildman–Crippen LogP) is 1.66. The average molecular weight is 254 g/mol. The van der Waals surface area contributed by atoms with Crippen LogP contribution in [0.25, 0.3) is 5.65 Å². The summed E-state index contributed by atoms with van der Waals surface area (Å²) in [5.41, 5.74) is 1.73. The minimum atomic E-state index is 0.674. The van der Waals surface area contributed by atoms with E-state index in [0.717, 1.165) is 30.2 Å². The van der Waals surface area contributed by atoms with Crippen molar-refractivity contribution in [2.75, 3.05) is 32.5 Å². The summed E-state index contributed by atoms with van der Waals surface area (Å²) in [6, 6.07) is 1.88. The molecule has 0 saturated heterocycles. The number of hydrogen-bond donors (Lipinski definition) is 1. The topological polar surface area (TPSA) is 45.5 Å². The molecule has 0 radical (unpaired) electrons. The SMILES string of the molecule is Cc1nnc2c(NCCN(C)C)cc(Cl)cn12. The van der Waals surface area contributed by atoms with Crippen LogP contribution >= 0.6 is 11.6 Å². The van der Waals surface area contributed by atoms with Crippen molar-refractivity contribution < 1.29 is 0 Å². The maximum absolute atomic E-state index is 6.07. The Balaban J connectivity index is 2.26. The maximum atomic E-state index is 6.07. The van der Waals surface area contributed by atoms with E-state index in [2.05, 4.69) is 20.4 Å². The molecule has 2 aromatic heterocycles. The number of rotatable bonds is 4. The quantitative estimate of drug-likeness (QED) is 0.900. The van der Waals surface area contributed by atoms with E-state index in [-0.39, 0.29) is 0 Å². The van der Waals surface area contributed by atoms with Crippen LogP contribution in [0.4, 0.5) is 5.69 Å². The second kappa shape index (κ2) is 4.89. The standard InChI is InChI=1S/C11H16ClN5/c1-8-14-15-11-10(13-4-5-16(2)3)6-9(12)7-17(8)11/h6-7,13H,4-5H2,1-3H3. The number of halogens is 1. The third kappa shape index (κ3) is 2.68. The second-order valence-electron chi connectivity index (χ2n) is 4.24. The number of hydrogen-bond acceptors (Lipinski definition) is 4. The van der Waals surface area contributed by atoms with Crippen molar-refractivity contribution in [1.29, 1.82) is 0 Å². The number of nitrogens with one attached hydrogen (secondary N) is 1. The van der Waals surface area contributed by atoms with E-state index in [1.165, 1.54) is 0 Å². The molecule has 0 fully saturated rings. The largest absolute Gasteiger partial charge is 0.381 e. The van der Waals surface area contributed by atoms with Crippen LogP contribution in [0.5, 0.6) is 0 Å². The van der Waals surface area contributed by atoms with Gasteiger partial charge in [-0.2, -0.15) is 0 Å². The number of fused-ring (bicyclic) bond motifs is 1. The van der Waals surface area contributed by atoms with Gasteiger partial charge in [0.1, 0.15) is 5.82 Å². The van der Waals surface area contributed by atoms with E-state index in [4.69, 9.17) is 11.6 Å². The molecule has 0 unspecified atom stereocenters. The highest BCUT2D eigenvalue weighted by molar-refractivity contribution is 6.30. The fraction of sp³-hybridized carbons (Fsp3) is 0.455. The fourth-order valence-corrected chi connectivity index (χ4v) is 1.82. The zero-order valence-electron chi connectivity index (χ0n) is 10.2.